The highest BCUT2D eigenvalue weighted by Crippen LogP contribution is 2.27. The van der Waals surface area contributed by atoms with E-state index in [4.69, 9.17) is 4.74 Å². The van der Waals surface area contributed by atoms with Crippen molar-refractivity contribution in [1.29, 1.82) is 0 Å². The Labute approximate surface area is 133 Å². The monoisotopic (exact) mass is 373 g/mol. The number of hydrogen-bond acceptors (Lipinski definition) is 5. The molecule has 1 aromatic rings. The lowest BCUT2D eigenvalue weighted by molar-refractivity contribution is -0.120. The number of aromatic nitrogens is 2. The molecule has 1 aliphatic heterocycles. The zero-order valence-corrected chi connectivity index (χ0v) is 13.4. The summed E-state index contributed by atoms with van der Waals surface area (Å²) in [6.45, 7) is 1.52. The van der Waals surface area contributed by atoms with Crippen LogP contribution in [0.25, 0.3) is 6.08 Å². The van der Waals surface area contributed by atoms with Crippen molar-refractivity contribution in [3.05, 3.63) is 37.6 Å². The standard InChI is InChI=1S/C13H16BrN3O5/c1-7(18)15-5-10-9(19)4-11(22-10)17-6-8(2-3-14)12(20)16-13(17)21/h2-3,6,9-11,19H,4-5H2,1H3,(H,15,18)(H,16,20,21)/b3-2+/t9?,10-,11-/m0/s1. The van der Waals surface area contributed by atoms with E-state index in [-0.39, 0.29) is 24.4 Å². The summed E-state index contributed by atoms with van der Waals surface area (Å²) in [4.78, 5) is 38.1. The molecule has 0 aliphatic carbocycles. The van der Waals surface area contributed by atoms with Crippen molar-refractivity contribution in [1.82, 2.24) is 14.9 Å². The minimum absolute atomic E-state index is 0.152. The van der Waals surface area contributed by atoms with E-state index in [2.05, 4.69) is 26.2 Å². The number of H-pyrrole nitrogens is 1. The van der Waals surface area contributed by atoms with E-state index in [1.54, 1.807) is 0 Å². The van der Waals surface area contributed by atoms with Gasteiger partial charge in [0.1, 0.15) is 12.3 Å². The van der Waals surface area contributed by atoms with Crippen LogP contribution in [0.2, 0.25) is 0 Å². The van der Waals surface area contributed by atoms with Crippen LogP contribution in [-0.4, -0.2) is 39.3 Å². The Balaban J connectivity index is 2.22. The highest BCUT2D eigenvalue weighted by molar-refractivity contribution is 9.11. The average Bonchev–Trinajstić information content (AvgIpc) is 2.80. The summed E-state index contributed by atoms with van der Waals surface area (Å²) in [5.74, 6) is -0.231. The molecule has 0 aromatic carbocycles. The van der Waals surface area contributed by atoms with Gasteiger partial charge in [0.05, 0.1) is 11.7 Å². The van der Waals surface area contributed by atoms with E-state index >= 15 is 0 Å². The molecule has 0 radical (unpaired) electrons. The Hall–Kier alpha value is -1.71. The van der Waals surface area contributed by atoms with E-state index in [1.807, 2.05) is 0 Å². The molecular formula is C13H16BrN3O5. The second-order valence-corrected chi connectivity index (χ2v) is 5.44. The number of carbonyl (C=O) groups is 1. The van der Waals surface area contributed by atoms with Gasteiger partial charge in [0.15, 0.2) is 0 Å². The van der Waals surface area contributed by atoms with Crippen molar-refractivity contribution < 1.29 is 14.6 Å². The maximum Gasteiger partial charge on any atom is 0.330 e. The van der Waals surface area contributed by atoms with Crippen molar-refractivity contribution >= 4 is 27.9 Å². The van der Waals surface area contributed by atoms with Crippen LogP contribution in [0.1, 0.15) is 25.1 Å². The highest BCUT2D eigenvalue weighted by Gasteiger charge is 2.35. The van der Waals surface area contributed by atoms with E-state index in [0.717, 1.165) is 0 Å². The predicted molar refractivity (Wildman–Crippen MR) is 82.5 cm³/mol. The van der Waals surface area contributed by atoms with Gasteiger partial charge in [0.2, 0.25) is 5.91 Å². The number of aliphatic hydroxyl groups excluding tert-OH is 1. The van der Waals surface area contributed by atoms with Crippen molar-refractivity contribution in [3.8, 4) is 0 Å². The fourth-order valence-corrected chi connectivity index (χ4v) is 2.50. The number of hydrogen-bond donors (Lipinski definition) is 3. The lowest BCUT2D eigenvalue weighted by Crippen LogP contribution is -2.36. The third-order valence-electron chi connectivity index (χ3n) is 3.30. The Morgan fingerprint density at radius 1 is 1.64 bits per heavy atom. The summed E-state index contributed by atoms with van der Waals surface area (Å²) in [5.41, 5.74) is -0.848. The summed E-state index contributed by atoms with van der Waals surface area (Å²) in [7, 11) is 0. The fourth-order valence-electron chi connectivity index (χ4n) is 2.22. The van der Waals surface area contributed by atoms with Crippen molar-refractivity contribution in [2.45, 2.75) is 31.8 Å². The normalized spacial score (nSPS) is 24.8. The number of amides is 1. The van der Waals surface area contributed by atoms with Gasteiger partial charge in [-0.05, 0) is 11.1 Å². The van der Waals surface area contributed by atoms with Gasteiger partial charge in [-0.15, -0.1) is 0 Å². The molecule has 3 atom stereocenters. The summed E-state index contributed by atoms with van der Waals surface area (Å²) in [5, 5.41) is 12.5. The zero-order valence-electron chi connectivity index (χ0n) is 11.8. The number of carbonyl (C=O) groups excluding carboxylic acids is 1. The molecule has 0 spiro atoms. The van der Waals surface area contributed by atoms with Gasteiger partial charge in [-0.25, -0.2) is 4.79 Å². The Morgan fingerprint density at radius 3 is 3.00 bits per heavy atom. The third-order valence-corrected chi connectivity index (χ3v) is 3.57. The maximum absolute atomic E-state index is 11.9. The van der Waals surface area contributed by atoms with Crippen molar-refractivity contribution in [2.24, 2.45) is 0 Å². The summed E-state index contributed by atoms with van der Waals surface area (Å²) < 4.78 is 6.83. The molecule has 2 rings (SSSR count). The molecule has 9 heteroatoms. The quantitative estimate of drug-likeness (QED) is 0.669. The molecule has 1 aliphatic rings. The second kappa shape index (κ2) is 7.03. The summed E-state index contributed by atoms with van der Waals surface area (Å²) >= 11 is 3.07. The molecule has 1 saturated heterocycles. The van der Waals surface area contributed by atoms with Crippen molar-refractivity contribution in [3.63, 3.8) is 0 Å². The molecule has 1 aromatic heterocycles. The second-order valence-electron chi connectivity index (χ2n) is 4.91. The molecule has 1 fully saturated rings. The third kappa shape index (κ3) is 3.73. The number of nitrogens with one attached hydrogen (secondary N) is 2. The average molecular weight is 374 g/mol. The van der Waals surface area contributed by atoms with Crippen LogP contribution in [0.5, 0.6) is 0 Å². The lowest BCUT2D eigenvalue weighted by atomic mass is 10.2. The molecule has 1 unspecified atom stereocenters. The molecule has 0 saturated carbocycles. The van der Waals surface area contributed by atoms with E-state index in [1.165, 1.54) is 28.7 Å². The topological polar surface area (TPSA) is 113 Å². The van der Waals surface area contributed by atoms with Crippen LogP contribution in [0.15, 0.2) is 20.8 Å². The highest BCUT2D eigenvalue weighted by atomic mass is 79.9. The molecule has 22 heavy (non-hydrogen) atoms. The number of aliphatic hydroxyl groups is 1. The van der Waals surface area contributed by atoms with E-state index in [0.29, 0.717) is 0 Å². The first kappa shape index (κ1) is 16.7. The van der Waals surface area contributed by atoms with Gasteiger partial charge in [-0.1, -0.05) is 15.9 Å². The first-order valence-electron chi connectivity index (χ1n) is 6.62. The summed E-state index contributed by atoms with van der Waals surface area (Å²) in [6, 6.07) is 0. The van der Waals surface area contributed by atoms with Gasteiger partial charge < -0.3 is 15.2 Å². The lowest BCUT2D eigenvalue weighted by Gasteiger charge is -2.16. The van der Waals surface area contributed by atoms with Gasteiger partial charge >= 0.3 is 5.69 Å². The van der Waals surface area contributed by atoms with Crippen LogP contribution in [0.4, 0.5) is 0 Å². The number of nitrogens with zero attached hydrogens (tertiary/aromatic N) is 1. The molecule has 2 heterocycles. The summed E-state index contributed by atoms with van der Waals surface area (Å²) in [6.07, 6.45) is 0.925. The largest absolute Gasteiger partial charge is 0.390 e. The minimum Gasteiger partial charge on any atom is -0.390 e. The van der Waals surface area contributed by atoms with Crippen LogP contribution in [0.3, 0.4) is 0 Å². The molecule has 0 bridgehead atoms. The smallest absolute Gasteiger partial charge is 0.330 e. The number of ether oxygens (including phenoxy) is 1. The Kier molecular flexibility index (Phi) is 5.33. The zero-order chi connectivity index (χ0) is 16.3. The number of halogens is 1. The van der Waals surface area contributed by atoms with Gasteiger partial charge in [0, 0.05) is 26.1 Å². The van der Waals surface area contributed by atoms with Gasteiger partial charge in [-0.2, -0.15) is 0 Å². The van der Waals surface area contributed by atoms with Gasteiger partial charge in [0.25, 0.3) is 5.56 Å². The predicted octanol–water partition coefficient (Wildman–Crippen LogP) is -0.313. The number of rotatable bonds is 4. The van der Waals surface area contributed by atoms with Crippen LogP contribution < -0.4 is 16.6 Å². The van der Waals surface area contributed by atoms with Crippen LogP contribution in [0, 0.1) is 0 Å². The maximum atomic E-state index is 11.9. The molecule has 1 amide bonds. The minimum atomic E-state index is -0.814. The molecule has 3 N–H and O–H groups in total. The van der Waals surface area contributed by atoms with Crippen molar-refractivity contribution in [2.75, 3.05) is 6.54 Å². The van der Waals surface area contributed by atoms with E-state index in [9.17, 15) is 19.5 Å². The molecule has 8 nitrogen and oxygen atoms in total. The first-order valence-corrected chi connectivity index (χ1v) is 7.54. The Bertz CT molecular complexity index is 696. The van der Waals surface area contributed by atoms with E-state index < -0.39 is 29.7 Å². The SMILES string of the molecule is CC(=O)NC[C@@H]1O[C@H](n2cc(/C=C/Br)c(=O)[nH]c2=O)CC1O. The fraction of sp³-hybridized carbons (Fsp3) is 0.462. The first-order chi connectivity index (χ1) is 10.4. The molecule has 120 valence electrons. The van der Waals surface area contributed by atoms with Gasteiger partial charge in [-0.3, -0.25) is 19.1 Å². The molecular weight excluding hydrogens is 358 g/mol. The Morgan fingerprint density at radius 2 is 2.36 bits per heavy atom. The number of aromatic amines is 1. The van der Waals surface area contributed by atoms with Crippen LogP contribution >= 0.6 is 15.9 Å². The van der Waals surface area contributed by atoms with Crippen LogP contribution in [-0.2, 0) is 9.53 Å².